The van der Waals surface area contributed by atoms with E-state index >= 15 is 0 Å². The fraction of sp³-hybridized carbons (Fsp3) is 0.524. The Labute approximate surface area is 180 Å². The van der Waals surface area contributed by atoms with Gasteiger partial charge in [0.2, 0.25) is 5.91 Å². The largest absolute Gasteiger partial charge is 0.486 e. The molecule has 0 saturated carbocycles. The molecule has 1 saturated heterocycles. The first kappa shape index (κ1) is 20.4. The van der Waals surface area contributed by atoms with E-state index in [1.807, 2.05) is 19.1 Å². The lowest BCUT2D eigenvalue weighted by Gasteiger charge is -2.30. The van der Waals surface area contributed by atoms with Crippen molar-refractivity contribution in [3.05, 3.63) is 38.8 Å². The number of piperidine rings is 1. The summed E-state index contributed by atoms with van der Waals surface area (Å²) in [6, 6.07) is 3.84. The van der Waals surface area contributed by atoms with Gasteiger partial charge in [0, 0.05) is 24.4 Å². The molecule has 3 heterocycles. The van der Waals surface area contributed by atoms with Gasteiger partial charge in [-0.1, -0.05) is 11.6 Å². The van der Waals surface area contributed by atoms with Crippen molar-refractivity contribution in [1.82, 2.24) is 15.2 Å². The van der Waals surface area contributed by atoms with Crippen molar-refractivity contribution in [2.45, 2.75) is 32.7 Å². The Bertz CT molecular complexity index is 865. The number of carbonyl (C=O) groups is 1. The molecule has 2 aliphatic rings. The summed E-state index contributed by atoms with van der Waals surface area (Å²) in [5, 5.41) is 6.87. The highest BCUT2D eigenvalue weighted by atomic mass is 35.5. The Morgan fingerprint density at radius 1 is 1.31 bits per heavy atom. The predicted molar refractivity (Wildman–Crippen MR) is 114 cm³/mol. The molecule has 2 aliphatic heterocycles. The third kappa shape index (κ3) is 5.21. The summed E-state index contributed by atoms with van der Waals surface area (Å²) >= 11 is 7.97. The molecule has 1 fully saturated rings. The zero-order chi connectivity index (χ0) is 20.2. The van der Waals surface area contributed by atoms with Crippen LogP contribution < -0.4 is 14.8 Å². The fourth-order valence-corrected chi connectivity index (χ4v) is 4.74. The Kier molecular flexibility index (Phi) is 6.57. The van der Waals surface area contributed by atoms with Gasteiger partial charge in [0.1, 0.15) is 13.2 Å². The van der Waals surface area contributed by atoms with Gasteiger partial charge in [0.15, 0.2) is 11.5 Å². The molecule has 1 amide bonds. The van der Waals surface area contributed by atoms with Crippen LogP contribution in [0.5, 0.6) is 11.5 Å². The molecular weight excluding hydrogens is 410 g/mol. The Morgan fingerprint density at radius 2 is 2.10 bits per heavy atom. The van der Waals surface area contributed by atoms with Gasteiger partial charge < -0.3 is 14.8 Å². The summed E-state index contributed by atoms with van der Waals surface area (Å²) in [5.41, 5.74) is 2.17. The molecule has 0 radical (unpaired) electrons. The van der Waals surface area contributed by atoms with E-state index in [0.29, 0.717) is 42.7 Å². The molecule has 0 unspecified atom stereocenters. The fourth-order valence-electron chi connectivity index (χ4n) is 3.85. The zero-order valence-corrected chi connectivity index (χ0v) is 18.2. The van der Waals surface area contributed by atoms with Crippen molar-refractivity contribution in [2.75, 3.05) is 32.8 Å². The lowest BCUT2D eigenvalue weighted by atomic mass is 9.95. The van der Waals surface area contributed by atoms with Crippen LogP contribution in [0.2, 0.25) is 5.02 Å². The molecule has 8 heteroatoms. The van der Waals surface area contributed by atoms with Gasteiger partial charge >= 0.3 is 0 Å². The molecule has 156 valence electrons. The minimum Gasteiger partial charge on any atom is -0.486 e. The van der Waals surface area contributed by atoms with Gasteiger partial charge in [-0.15, -0.1) is 11.3 Å². The second kappa shape index (κ2) is 9.32. The summed E-state index contributed by atoms with van der Waals surface area (Å²) in [7, 11) is 0. The third-order valence-corrected chi connectivity index (χ3v) is 6.48. The highest BCUT2D eigenvalue weighted by Gasteiger charge is 2.25. The number of rotatable bonds is 6. The number of aromatic nitrogens is 1. The average Bonchev–Trinajstić information content (AvgIpc) is 3.13. The highest BCUT2D eigenvalue weighted by molar-refractivity contribution is 7.09. The van der Waals surface area contributed by atoms with Crippen LogP contribution in [0.25, 0.3) is 0 Å². The lowest BCUT2D eigenvalue weighted by Crippen LogP contribution is -2.40. The number of aryl methyl sites for hydroxylation is 1. The summed E-state index contributed by atoms with van der Waals surface area (Å²) in [5.74, 6) is 1.54. The maximum Gasteiger partial charge on any atom is 0.223 e. The summed E-state index contributed by atoms with van der Waals surface area (Å²) in [6.07, 6.45) is 2.50. The maximum atomic E-state index is 12.5. The first-order chi connectivity index (χ1) is 14.1. The van der Waals surface area contributed by atoms with E-state index in [-0.39, 0.29) is 11.8 Å². The van der Waals surface area contributed by atoms with Gasteiger partial charge in [0.05, 0.1) is 15.7 Å². The van der Waals surface area contributed by atoms with Gasteiger partial charge in [-0.2, -0.15) is 0 Å². The number of benzene rings is 1. The number of hydrogen-bond acceptors (Lipinski definition) is 6. The van der Waals surface area contributed by atoms with E-state index in [0.717, 1.165) is 48.7 Å². The van der Waals surface area contributed by atoms with Crippen LogP contribution in [-0.2, 0) is 17.8 Å². The minimum atomic E-state index is 0.0901. The quantitative estimate of drug-likeness (QED) is 0.752. The molecule has 1 N–H and O–H groups in total. The SMILES string of the molecule is Cc1nc(CN2CCC(C(=O)NCCc3cc(Cl)c4c(c3)OCCO4)CC2)cs1. The Hall–Kier alpha value is -1.83. The molecule has 29 heavy (non-hydrogen) atoms. The first-order valence-electron chi connectivity index (χ1n) is 10.1. The molecule has 1 aromatic heterocycles. The van der Waals surface area contributed by atoms with Gasteiger partial charge in [-0.05, 0) is 57.0 Å². The number of ether oxygens (including phenoxy) is 2. The van der Waals surface area contributed by atoms with Gasteiger partial charge in [-0.3, -0.25) is 9.69 Å². The van der Waals surface area contributed by atoms with Crippen molar-refractivity contribution >= 4 is 28.8 Å². The highest BCUT2D eigenvalue weighted by Crippen LogP contribution is 2.38. The monoisotopic (exact) mass is 435 g/mol. The topological polar surface area (TPSA) is 63.7 Å². The van der Waals surface area contributed by atoms with Crippen molar-refractivity contribution in [2.24, 2.45) is 5.92 Å². The summed E-state index contributed by atoms with van der Waals surface area (Å²) in [4.78, 5) is 19.5. The van der Waals surface area contributed by atoms with Crippen LogP contribution in [0.15, 0.2) is 17.5 Å². The van der Waals surface area contributed by atoms with Crippen LogP contribution in [0.1, 0.15) is 29.1 Å². The standard InChI is InChI=1S/C21H26ClN3O3S/c1-14-24-17(13-29-14)12-25-6-3-16(4-7-25)21(26)23-5-2-15-10-18(22)20-19(11-15)27-8-9-28-20/h10-11,13,16H,2-9,12H2,1H3,(H,23,26). The number of nitrogens with one attached hydrogen (secondary N) is 1. The maximum absolute atomic E-state index is 12.5. The number of likely N-dealkylation sites (tertiary alicyclic amines) is 1. The molecule has 0 aliphatic carbocycles. The van der Waals surface area contributed by atoms with E-state index in [9.17, 15) is 4.79 Å². The van der Waals surface area contributed by atoms with Crippen molar-refractivity contribution in [1.29, 1.82) is 0 Å². The number of halogens is 1. The van der Waals surface area contributed by atoms with Crippen LogP contribution in [0.3, 0.4) is 0 Å². The molecule has 2 aromatic rings. The minimum absolute atomic E-state index is 0.0901. The zero-order valence-electron chi connectivity index (χ0n) is 16.6. The normalized spacial score (nSPS) is 17.3. The van der Waals surface area contributed by atoms with Gasteiger partial charge in [-0.25, -0.2) is 4.98 Å². The predicted octanol–water partition coefficient (Wildman–Crippen LogP) is 3.45. The average molecular weight is 436 g/mol. The first-order valence-corrected chi connectivity index (χ1v) is 11.3. The molecule has 0 atom stereocenters. The van der Waals surface area contributed by atoms with Crippen LogP contribution in [0.4, 0.5) is 0 Å². The summed E-state index contributed by atoms with van der Waals surface area (Å²) < 4.78 is 11.2. The third-order valence-electron chi connectivity index (χ3n) is 5.38. The Balaban J connectivity index is 1.21. The molecule has 6 nitrogen and oxygen atoms in total. The van der Waals surface area contributed by atoms with Crippen molar-refractivity contribution in [3.8, 4) is 11.5 Å². The molecule has 4 rings (SSSR count). The number of amides is 1. The van der Waals surface area contributed by atoms with E-state index < -0.39 is 0 Å². The van der Waals surface area contributed by atoms with Gasteiger partial charge in [0.25, 0.3) is 0 Å². The Morgan fingerprint density at radius 3 is 2.86 bits per heavy atom. The number of hydrogen-bond donors (Lipinski definition) is 1. The van der Waals surface area contributed by atoms with Crippen LogP contribution in [-0.4, -0.2) is 48.6 Å². The number of nitrogens with zero attached hydrogens (tertiary/aromatic N) is 2. The number of thiazole rings is 1. The lowest BCUT2D eigenvalue weighted by molar-refractivity contribution is -0.126. The number of carbonyl (C=O) groups excluding carboxylic acids is 1. The van der Waals surface area contributed by atoms with Crippen molar-refractivity contribution < 1.29 is 14.3 Å². The second-order valence-electron chi connectivity index (χ2n) is 7.55. The smallest absolute Gasteiger partial charge is 0.223 e. The van der Waals surface area contributed by atoms with E-state index in [2.05, 4.69) is 20.6 Å². The second-order valence-corrected chi connectivity index (χ2v) is 9.02. The summed E-state index contributed by atoms with van der Waals surface area (Å²) in [6.45, 7) is 6.42. The van der Waals surface area contributed by atoms with Crippen LogP contribution in [0, 0.1) is 12.8 Å². The number of fused-ring (bicyclic) bond motifs is 1. The molecular formula is C21H26ClN3O3S. The molecule has 0 bridgehead atoms. The van der Waals surface area contributed by atoms with Crippen LogP contribution >= 0.6 is 22.9 Å². The molecule has 1 aromatic carbocycles. The molecule has 0 spiro atoms. The van der Waals surface area contributed by atoms with Crippen molar-refractivity contribution in [3.63, 3.8) is 0 Å². The van der Waals surface area contributed by atoms with E-state index in [1.54, 1.807) is 11.3 Å². The van der Waals surface area contributed by atoms with E-state index in [1.165, 1.54) is 0 Å². The van der Waals surface area contributed by atoms with E-state index in [4.69, 9.17) is 21.1 Å².